The first-order valence-electron chi connectivity index (χ1n) is 1.17. The molecule has 0 N–H and O–H groups in total. The van der Waals surface area contributed by atoms with E-state index in [-0.39, 0.29) is 0 Å². The van der Waals surface area contributed by atoms with Crippen LogP contribution in [0.25, 0.3) is 0 Å². The fourth-order valence-electron chi connectivity index (χ4n) is 0. The molecule has 0 fully saturated rings. The summed E-state index contributed by atoms with van der Waals surface area (Å²) >= 11 is 2.36. The van der Waals surface area contributed by atoms with Crippen molar-refractivity contribution in [3.8, 4) is 0 Å². The molecule has 1 heteroatoms. The summed E-state index contributed by atoms with van der Waals surface area (Å²) in [4.78, 5) is 1.94. The van der Waals surface area contributed by atoms with Gasteiger partial charge in [0.2, 0.25) is 0 Å². The molecule has 0 aliphatic carbocycles. The maximum atomic E-state index is 2.36. The second-order valence-electron chi connectivity index (χ2n) is 0.482. The molecule has 0 unspecified atom stereocenters. The standard InChI is InChI=1S/C3H5As/c1-2-3-4/h2-3H,1H3. The predicted octanol–water partition coefficient (Wildman–Crippen LogP) is 0.689. The van der Waals surface area contributed by atoms with Gasteiger partial charge in [-0.25, -0.2) is 0 Å². The Morgan fingerprint density at radius 2 is 2.00 bits per heavy atom. The molecule has 0 spiro atoms. The Morgan fingerprint density at radius 1 is 1.75 bits per heavy atom. The van der Waals surface area contributed by atoms with Gasteiger partial charge >= 0.3 is 34.7 Å². The summed E-state index contributed by atoms with van der Waals surface area (Å²) in [5.41, 5.74) is 0. The van der Waals surface area contributed by atoms with Crippen LogP contribution in [0.3, 0.4) is 0 Å². The Kier molecular flexibility index (Phi) is 3.54. The Morgan fingerprint density at radius 3 is 2.00 bits per heavy atom. The van der Waals surface area contributed by atoms with E-state index in [0.29, 0.717) is 0 Å². The van der Waals surface area contributed by atoms with Gasteiger partial charge in [0.05, 0.1) is 0 Å². The van der Waals surface area contributed by atoms with Gasteiger partial charge in [0.1, 0.15) is 0 Å². The summed E-state index contributed by atoms with van der Waals surface area (Å²) in [7, 11) is 0. The van der Waals surface area contributed by atoms with E-state index in [0.717, 1.165) is 0 Å². The molecule has 0 atom stereocenters. The first kappa shape index (κ1) is 4.30. The Balaban J connectivity index is 2.55. The van der Waals surface area contributed by atoms with Gasteiger partial charge in [0.25, 0.3) is 0 Å². The van der Waals surface area contributed by atoms with E-state index in [1.54, 1.807) is 0 Å². The van der Waals surface area contributed by atoms with Crippen LogP contribution < -0.4 is 0 Å². The molecule has 0 saturated heterocycles. The maximum absolute atomic E-state index is 2.36. The molecule has 4 heavy (non-hydrogen) atoms. The summed E-state index contributed by atoms with van der Waals surface area (Å²) in [6, 6.07) is 0. The third kappa shape index (κ3) is 2.30. The zero-order chi connectivity index (χ0) is 3.41. The van der Waals surface area contributed by atoms with Gasteiger partial charge in [-0.05, 0) is 0 Å². The number of hydrogen-bond donors (Lipinski definition) is 0. The van der Waals surface area contributed by atoms with Gasteiger partial charge in [0, 0.05) is 0 Å². The average Bonchev–Trinajstić information content (AvgIpc) is 1.37. The molecular weight excluding hydrogens is 111 g/mol. The molecule has 0 amide bonds. The number of hydrogen-bond acceptors (Lipinski definition) is 0. The van der Waals surface area contributed by atoms with Crippen LogP contribution in [0.5, 0.6) is 0 Å². The van der Waals surface area contributed by atoms with Crippen molar-refractivity contribution in [3.05, 3.63) is 10.9 Å². The molecule has 22 valence electrons. The van der Waals surface area contributed by atoms with Crippen LogP contribution in [-0.4, -0.2) is 16.9 Å². The SMILES string of the molecule is CC=C[As]. The quantitative estimate of drug-likeness (QED) is 0.408. The van der Waals surface area contributed by atoms with Gasteiger partial charge in [-0.15, -0.1) is 0 Å². The van der Waals surface area contributed by atoms with Crippen LogP contribution >= 0.6 is 0 Å². The van der Waals surface area contributed by atoms with Crippen LogP contribution in [-0.2, 0) is 0 Å². The fourth-order valence-corrected chi connectivity index (χ4v) is 0. The van der Waals surface area contributed by atoms with E-state index >= 15 is 0 Å². The third-order valence-corrected chi connectivity index (χ3v) is 0.775. The summed E-state index contributed by atoms with van der Waals surface area (Å²) in [6.07, 6.45) is 1.97. The van der Waals surface area contributed by atoms with Crippen molar-refractivity contribution in [2.75, 3.05) is 0 Å². The second-order valence-corrected chi connectivity index (χ2v) is 1.11. The summed E-state index contributed by atoms with van der Waals surface area (Å²) in [5.74, 6) is 0. The Labute approximate surface area is 35.4 Å². The van der Waals surface area contributed by atoms with Crippen molar-refractivity contribution in [3.63, 3.8) is 0 Å². The molecule has 0 aromatic rings. The molecule has 0 aromatic carbocycles. The molecule has 0 heterocycles. The predicted molar refractivity (Wildman–Crippen MR) is 20.6 cm³/mol. The van der Waals surface area contributed by atoms with Gasteiger partial charge in [-0.1, -0.05) is 0 Å². The van der Waals surface area contributed by atoms with E-state index in [1.165, 1.54) is 0 Å². The van der Waals surface area contributed by atoms with Gasteiger partial charge in [-0.2, -0.15) is 0 Å². The number of allylic oxidation sites excluding steroid dienone is 1. The normalized spacial score (nSPS) is 9.50. The van der Waals surface area contributed by atoms with Crippen LogP contribution in [0.2, 0.25) is 0 Å². The van der Waals surface area contributed by atoms with E-state index in [4.69, 9.17) is 0 Å². The first-order chi connectivity index (χ1) is 1.91. The molecule has 0 saturated carbocycles. The molecule has 0 aromatic heterocycles. The van der Waals surface area contributed by atoms with Gasteiger partial charge in [-0.3, -0.25) is 0 Å². The van der Waals surface area contributed by atoms with Crippen LogP contribution in [0.4, 0.5) is 0 Å². The molecule has 0 aliphatic heterocycles. The molecule has 0 aliphatic rings. The first-order valence-corrected chi connectivity index (χ1v) is 2.25. The number of rotatable bonds is 0. The van der Waals surface area contributed by atoms with Crippen molar-refractivity contribution in [1.29, 1.82) is 0 Å². The summed E-state index contributed by atoms with van der Waals surface area (Å²) in [6.45, 7) is 1.98. The second kappa shape index (κ2) is 3.30. The summed E-state index contributed by atoms with van der Waals surface area (Å²) < 4.78 is 0. The van der Waals surface area contributed by atoms with Crippen LogP contribution in [0.15, 0.2) is 10.9 Å². The minimum atomic E-state index is 1.94. The topological polar surface area (TPSA) is 0 Å². The fraction of sp³-hybridized carbons (Fsp3) is 0.333. The minimum absolute atomic E-state index is 1.94. The van der Waals surface area contributed by atoms with Crippen molar-refractivity contribution < 1.29 is 0 Å². The molecule has 2 radical (unpaired) electrons. The van der Waals surface area contributed by atoms with Crippen molar-refractivity contribution in [2.24, 2.45) is 0 Å². The van der Waals surface area contributed by atoms with Gasteiger partial charge in [0.15, 0.2) is 0 Å². The van der Waals surface area contributed by atoms with Crippen molar-refractivity contribution in [2.45, 2.75) is 6.92 Å². The van der Waals surface area contributed by atoms with Crippen LogP contribution in [0.1, 0.15) is 6.92 Å². The Hall–Kier alpha value is 0.298. The van der Waals surface area contributed by atoms with Gasteiger partial charge < -0.3 is 0 Å². The molecule has 0 rings (SSSR count). The van der Waals surface area contributed by atoms with Crippen molar-refractivity contribution >= 4 is 16.9 Å². The molecule has 0 nitrogen and oxygen atoms in total. The van der Waals surface area contributed by atoms with Crippen molar-refractivity contribution in [1.82, 2.24) is 0 Å². The Bertz CT molecular complexity index is 18.5. The third-order valence-electron chi connectivity index (χ3n) is 0.149. The monoisotopic (exact) mass is 116 g/mol. The van der Waals surface area contributed by atoms with E-state index in [2.05, 4.69) is 16.9 Å². The van der Waals surface area contributed by atoms with E-state index in [9.17, 15) is 0 Å². The van der Waals surface area contributed by atoms with E-state index in [1.807, 2.05) is 17.9 Å². The molecule has 0 bridgehead atoms. The molecular formula is C3H5As. The van der Waals surface area contributed by atoms with Crippen LogP contribution in [0, 0.1) is 0 Å². The average molecular weight is 116 g/mol. The summed E-state index contributed by atoms with van der Waals surface area (Å²) in [5, 5.41) is 0. The zero-order valence-electron chi connectivity index (χ0n) is 2.60. The van der Waals surface area contributed by atoms with E-state index < -0.39 is 0 Å². The zero-order valence-corrected chi connectivity index (χ0v) is 4.48.